The quantitative estimate of drug-likeness (QED) is 0.578. The molecule has 8 heteroatoms. The number of aromatic hydroxyl groups is 1. The Morgan fingerprint density at radius 1 is 1.03 bits per heavy atom. The Morgan fingerprint density at radius 3 is 2.67 bits per heavy atom. The molecule has 1 unspecified atom stereocenters. The van der Waals surface area contributed by atoms with Gasteiger partial charge in [-0.1, -0.05) is 30.3 Å². The summed E-state index contributed by atoms with van der Waals surface area (Å²) in [7, 11) is 0. The van der Waals surface area contributed by atoms with Gasteiger partial charge in [0.15, 0.2) is 0 Å². The second-order valence-electron chi connectivity index (χ2n) is 7.02. The Kier molecular flexibility index (Phi) is 5.30. The van der Waals surface area contributed by atoms with Crippen LogP contribution in [0, 0.1) is 0 Å². The van der Waals surface area contributed by atoms with E-state index >= 15 is 0 Å². The molecule has 0 spiro atoms. The number of phenolic OH excluding ortho intramolecular Hbond substituents is 1. The molecule has 0 bridgehead atoms. The van der Waals surface area contributed by atoms with E-state index in [9.17, 15) is 19.5 Å². The number of hydrogen-bond acceptors (Lipinski definition) is 5. The van der Waals surface area contributed by atoms with Crippen LogP contribution in [0.25, 0.3) is 10.8 Å². The maximum absolute atomic E-state index is 13.1. The van der Waals surface area contributed by atoms with E-state index in [2.05, 4.69) is 15.8 Å². The highest BCUT2D eigenvalue weighted by Crippen LogP contribution is 2.31. The number of amides is 3. The summed E-state index contributed by atoms with van der Waals surface area (Å²) < 4.78 is 0. The average Bonchev–Trinajstić information content (AvgIpc) is 3.28. The summed E-state index contributed by atoms with van der Waals surface area (Å²) in [6, 6.07) is 13.0. The molecule has 152 valence electrons. The topological polar surface area (TPSA) is 112 Å². The number of hydrogen-bond donors (Lipinski definition) is 3. The molecule has 3 amide bonds. The van der Waals surface area contributed by atoms with E-state index in [0.29, 0.717) is 30.3 Å². The predicted molar refractivity (Wildman–Crippen MR) is 110 cm³/mol. The molecule has 1 atom stereocenters. The van der Waals surface area contributed by atoms with Crippen LogP contribution >= 0.6 is 0 Å². The minimum absolute atomic E-state index is 0.103. The first-order chi connectivity index (χ1) is 14.6. The van der Waals surface area contributed by atoms with Crippen LogP contribution in [0.5, 0.6) is 5.75 Å². The van der Waals surface area contributed by atoms with Crippen molar-refractivity contribution in [2.75, 3.05) is 6.54 Å². The van der Waals surface area contributed by atoms with Crippen LogP contribution in [0.4, 0.5) is 0 Å². The molecule has 1 aliphatic rings. The minimum atomic E-state index is -0.738. The zero-order valence-electron chi connectivity index (χ0n) is 16.0. The SMILES string of the molecule is O=C(NNC(=O)C1CCCN1C(=O)c1ccc2ccccc2c1O)c1cccnc1. The van der Waals surface area contributed by atoms with E-state index in [1.54, 1.807) is 42.6 Å². The van der Waals surface area contributed by atoms with Crippen molar-refractivity contribution in [2.24, 2.45) is 0 Å². The molecule has 1 fully saturated rings. The predicted octanol–water partition coefficient (Wildman–Crippen LogP) is 2.01. The molecule has 0 saturated carbocycles. The number of fused-ring (bicyclic) bond motifs is 1. The van der Waals surface area contributed by atoms with Crippen molar-refractivity contribution in [3.8, 4) is 5.75 Å². The second-order valence-corrected chi connectivity index (χ2v) is 7.02. The summed E-state index contributed by atoms with van der Waals surface area (Å²) in [6.07, 6.45) is 4.04. The van der Waals surface area contributed by atoms with E-state index in [0.717, 1.165) is 5.39 Å². The van der Waals surface area contributed by atoms with Gasteiger partial charge in [0.1, 0.15) is 11.8 Å². The monoisotopic (exact) mass is 404 g/mol. The van der Waals surface area contributed by atoms with Crippen LogP contribution < -0.4 is 10.9 Å². The van der Waals surface area contributed by atoms with Gasteiger partial charge in [0, 0.05) is 24.3 Å². The number of rotatable bonds is 3. The van der Waals surface area contributed by atoms with Crippen molar-refractivity contribution in [3.05, 3.63) is 72.1 Å². The Hall–Kier alpha value is -3.94. The van der Waals surface area contributed by atoms with Gasteiger partial charge in [0.05, 0.1) is 11.1 Å². The molecule has 2 aromatic carbocycles. The zero-order chi connectivity index (χ0) is 21.1. The molecule has 30 heavy (non-hydrogen) atoms. The molecule has 4 rings (SSSR count). The number of nitrogens with one attached hydrogen (secondary N) is 2. The molecule has 3 N–H and O–H groups in total. The van der Waals surface area contributed by atoms with Crippen LogP contribution in [-0.2, 0) is 4.79 Å². The van der Waals surface area contributed by atoms with Gasteiger partial charge in [-0.05, 0) is 36.4 Å². The highest BCUT2D eigenvalue weighted by Gasteiger charge is 2.35. The average molecular weight is 404 g/mol. The summed E-state index contributed by atoms with van der Waals surface area (Å²) in [5.41, 5.74) is 5.18. The first kappa shape index (κ1) is 19.4. The fraction of sp³-hybridized carbons (Fsp3) is 0.182. The van der Waals surface area contributed by atoms with Crippen molar-refractivity contribution >= 4 is 28.5 Å². The number of nitrogens with zero attached hydrogens (tertiary/aromatic N) is 2. The Labute approximate surface area is 172 Å². The summed E-state index contributed by atoms with van der Waals surface area (Å²) in [4.78, 5) is 43.1. The van der Waals surface area contributed by atoms with Crippen LogP contribution in [0.15, 0.2) is 60.9 Å². The molecule has 1 saturated heterocycles. The molecular weight excluding hydrogens is 384 g/mol. The molecule has 3 aromatic rings. The van der Waals surface area contributed by atoms with Crippen LogP contribution in [0.1, 0.15) is 33.6 Å². The van der Waals surface area contributed by atoms with Crippen LogP contribution in [-0.4, -0.2) is 45.3 Å². The fourth-order valence-electron chi connectivity index (χ4n) is 3.64. The summed E-state index contributed by atoms with van der Waals surface area (Å²) in [5.74, 6) is -1.51. The van der Waals surface area contributed by atoms with E-state index in [4.69, 9.17) is 0 Å². The highest BCUT2D eigenvalue weighted by atomic mass is 16.3. The van der Waals surface area contributed by atoms with Gasteiger partial charge in [0.2, 0.25) is 0 Å². The normalized spacial score (nSPS) is 15.7. The lowest BCUT2D eigenvalue weighted by atomic mass is 10.0. The molecule has 1 aliphatic heterocycles. The highest BCUT2D eigenvalue weighted by molar-refractivity contribution is 6.05. The molecular formula is C22H20N4O4. The van der Waals surface area contributed by atoms with Crippen LogP contribution in [0.2, 0.25) is 0 Å². The van der Waals surface area contributed by atoms with Gasteiger partial charge >= 0.3 is 0 Å². The van der Waals surface area contributed by atoms with E-state index < -0.39 is 23.8 Å². The number of phenols is 1. The van der Waals surface area contributed by atoms with Gasteiger partial charge in [-0.3, -0.25) is 30.2 Å². The number of benzene rings is 2. The van der Waals surface area contributed by atoms with Crippen molar-refractivity contribution in [1.82, 2.24) is 20.7 Å². The first-order valence-corrected chi connectivity index (χ1v) is 9.58. The number of likely N-dealkylation sites (tertiary alicyclic amines) is 1. The van der Waals surface area contributed by atoms with Crippen LogP contribution in [0.3, 0.4) is 0 Å². The van der Waals surface area contributed by atoms with E-state index in [1.165, 1.54) is 11.1 Å². The van der Waals surface area contributed by atoms with Gasteiger partial charge in [-0.15, -0.1) is 0 Å². The number of aromatic nitrogens is 1. The van der Waals surface area contributed by atoms with Gasteiger partial charge in [-0.25, -0.2) is 0 Å². The third-order valence-corrected chi connectivity index (χ3v) is 5.17. The number of hydrazine groups is 1. The van der Waals surface area contributed by atoms with Crippen molar-refractivity contribution in [1.29, 1.82) is 0 Å². The lowest BCUT2D eigenvalue weighted by Gasteiger charge is -2.24. The largest absolute Gasteiger partial charge is 0.506 e. The van der Waals surface area contributed by atoms with Crippen molar-refractivity contribution in [3.63, 3.8) is 0 Å². The van der Waals surface area contributed by atoms with E-state index in [-0.39, 0.29) is 11.3 Å². The third kappa shape index (κ3) is 3.67. The first-order valence-electron chi connectivity index (χ1n) is 9.58. The maximum Gasteiger partial charge on any atom is 0.271 e. The third-order valence-electron chi connectivity index (χ3n) is 5.17. The molecule has 0 radical (unpaired) electrons. The summed E-state index contributed by atoms with van der Waals surface area (Å²) in [5, 5.41) is 12.0. The number of carbonyl (C=O) groups excluding carboxylic acids is 3. The smallest absolute Gasteiger partial charge is 0.271 e. The standard InChI is InChI=1S/C22H20N4O4/c27-19-16-7-2-1-5-14(16)9-10-17(19)22(30)26-12-4-8-18(26)21(29)25-24-20(28)15-6-3-11-23-13-15/h1-3,5-7,9-11,13,18,27H,4,8,12H2,(H,24,28)(H,25,29). The minimum Gasteiger partial charge on any atom is -0.506 e. The Morgan fingerprint density at radius 2 is 1.87 bits per heavy atom. The van der Waals surface area contributed by atoms with Crippen molar-refractivity contribution < 1.29 is 19.5 Å². The molecule has 0 aliphatic carbocycles. The maximum atomic E-state index is 13.1. The fourth-order valence-corrected chi connectivity index (χ4v) is 3.64. The number of pyridine rings is 1. The van der Waals surface area contributed by atoms with Gasteiger partial charge in [0.25, 0.3) is 17.7 Å². The zero-order valence-corrected chi connectivity index (χ0v) is 16.0. The van der Waals surface area contributed by atoms with Gasteiger partial charge in [-0.2, -0.15) is 0 Å². The Balaban J connectivity index is 1.48. The second kappa shape index (κ2) is 8.20. The van der Waals surface area contributed by atoms with E-state index in [1.807, 2.05) is 12.1 Å². The molecule has 8 nitrogen and oxygen atoms in total. The Bertz CT molecular complexity index is 1120. The molecule has 2 heterocycles. The summed E-state index contributed by atoms with van der Waals surface area (Å²) in [6.45, 7) is 0.389. The lowest BCUT2D eigenvalue weighted by molar-refractivity contribution is -0.125. The van der Waals surface area contributed by atoms with Crippen molar-refractivity contribution in [2.45, 2.75) is 18.9 Å². The summed E-state index contributed by atoms with van der Waals surface area (Å²) >= 11 is 0. The lowest BCUT2D eigenvalue weighted by Crippen LogP contribution is -2.51. The number of carbonyl (C=O) groups is 3. The molecule has 1 aromatic heterocycles. The van der Waals surface area contributed by atoms with Gasteiger partial charge < -0.3 is 10.0 Å².